The lowest BCUT2D eigenvalue weighted by Gasteiger charge is -2.11. The van der Waals surface area contributed by atoms with Crippen molar-refractivity contribution in [3.63, 3.8) is 0 Å². The molecule has 0 aliphatic heterocycles. The van der Waals surface area contributed by atoms with Crippen molar-refractivity contribution in [2.45, 2.75) is 44.9 Å². The highest BCUT2D eigenvalue weighted by molar-refractivity contribution is 5.91. The Morgan fingerprint density at radius 2 is 1.62 bits per heavy atom. The lowest BCUT2D eigenvalue weighted by atomic mass is 10.0. The number of nitrogens with zero attached hydrogens (tertiary/aromatic N) is 3. The zero-order chi connectivity index (χ0) is 18.5. The van der Waals surface area contributed by atoms with Crippen LogP contribution in [0.25, 0.3) is 10.4 Å². The summed E-state index contributed by atoms with van der Waals surface area (Å²) in [6, 6.07) is 18.2. The van der Waals surface area contributed by atoms with Gasteiger partial charge in [0.15, 0.2) is 0 Å². The Kier molecular flexibility index (Phi) is 8.81. The Morgan fingerprint density at radius 3 is 2.42 bits per heavy atom. The highest BCUT2D eigenvalue weighted by Crippen LogP contribution is 2.19. The molecule has 0 spiro atoms. The van der Waals surface area contributed by atoms with Crippen LogP contribution in [0.4, 0.5) is 5.69 Å². The monoisotopic (exact) mass is 350 g/mol. The number of azide groups is 1. The summed E-state index contributed by atoms with van der Waals surface area (Å²) < 4.78 is 0. The second-order valence-corrected chi connectivity index (χ2v) is 6.34. The summed E-state index contributed by atoms with van der Waals surface area (Å²) in [6.45, 7) is 0.565. The van der Waals surface area contributed by atoms with Crippen molar-refractivity contribution in [2.75, 3.05) is 11.9 Å². The van der Waals surface area contributed by atoms with Crippen LogP contribution < -0.4 is 5.32 Å². The molecule has 0 radical (unpaired) electrons. The molecule has 0 aliphatic carbocycles. The first-order chi connectivity index (χ1) is 12.8. The van der Waals surface area contributed by atoms with Gasteiger partial charge in [0.05, 0.1) is 0 Å². The summed E-state index contributed by atoms with van der Waals surface area (Å²) in [5, 5.41) is 6.57. The summed E-state index contributed by atoms with van der Waals surface area (Å²) >= 11 is 0. The van der Waals surface area contributed by atoms with Crippen molar-refractivity contribution in [1.29, 1.82) is 0 Å². The number of hydrogen-bond donors (Lipinski definition) is 1. The fourth-order valence-corrected chi connectivity index (χ4v) is 2.87. The van der Waals surface area contributed by atoms with E-state index in [-0.39, 0.29) is 5.91 Å². The fourth-order valence-electron chi connectivity index (χ4n) is 2.87. The van der Waals surface area contributed by atoms with Gasteiger partial charge >= 0.3 is 0 Å². The first-order valence-electron chi connectivity index (χ1n) is 9.22. The van der Waals surface area contributed by atoms with Crippen molar-refractivity contribution >= 4 is 11.6 Å². The summed E-state index contributed by atoms with van der Waals surface area (Å²) in [4.78, 5) is 15.0. The van der Waals surface area contributed by atoms with Gasteiger partial charge in [0.25, 0.3) is 0 Å². The Morgan fingerprint density at radius 1 is 0.923 bits per heavy atom. The van der Waals surface area contributed by atoms with E-state index >= 15 is 0 Å². The van der Waals surface area contributed by atoms with Gasteiger partial charge in [0.1, 0.15) is 0 Å². The SMILES string of the molecule is [N-]=[N+]=NCCCCCCCC(=O)Nc1ccccc1Cc1ccccc1. The van der Waals surface area contributed by atoms with Crippen LogP contribution in [0, 0.1) is 0 Å². The topological polar surface area (TPSA) is 77.9 Å². The van der Waals surface area contributed by atoms with Crippen molar-refractivity contribution in [3.05, 3.63) is 76.2 Å². The minimum Gasteiger partial charge on any atom is -0.326 e. The average Bonchev–Trinajstić information content (AvgIpc) is 2.66. The van der Waals surface area contributed by atoms with Crippen LogP contribution in [-0.4, -0.2) is 12.5 Å². The molecule has 1 amide bonds. The van der Waals surface area contributed by atoms with Gasteiger partial charge in [-0.3, -0.25) is 4.79 Å². The molecular formula is C21H26N4O. The van der Waals surface area contributed by atoms with Gasteiger partial charge in [-0.05, 0) is 42.0 Å². The fraction of sp³-hybridized carbons (Fsp3) is 0.381. The van der Waals surface area contributed by atoms with E-state index in [2.05, 4.69) is 33.5 Å². The molecule has 0 unspecified atom stereocenters. The Balaban J connectivity index is 1.74. The maximum Gasteiger partial charge on any atom is 0.224 e. The molecule has 1 N–H and O–H groups in total. The minimum absolute atomic E-state index is 0.0691. The average molecular weight is 350 g/mol. The van der Waals surface area contributed by atoms with E-state index in [1.54, 1.807) is 0 Å². The van der Waals surface area contributed by atoms with Crippen molar-refractivity contribution in [3.8, 4) is 0 Å². The Bertz CT molecular complexity index is 724. The molecule has 0 atom stereocenters. The number of anilines is 1. The van der Waals surface area contributed by atoms with Crippen LogP contribution in [0.3, 0.4) is 0 Å². The third-order valence-corrected chi connectivity index (χ3v) is 4.25. The zero-order valence-electron chi connectivity index (χ0n) is 15.1. The van der Waals surface area contributed by atoms with Crippen LogP contribution in [-0.2, 0) is 11.2 Å². The molecule has 2 aromatic rings. The van der Waals surface area contributed by atoms with E-state index in [0.717, 1.165) is 49.8 Å². The van der Waals surface area contributed by atoms with Gasteiger partial charge in [-0.1, -0.05) is 72.9 Å². The molecule has 2 rings (SSSR count). The number of amides is 1. The van der Waals surface area contributed by atoms with Crippen LogP contribution in [0.5, 0.6) is 0 Å². The lowest BCUT2D eigenvalue weighted by Crippen LogP contribution is -2.12. The third-order valence-electron chi connectivity index (χ3n) is 4.25. The molecule has 0 heterocycles. The second-order valence-electron chi connectivity index (χ2n) is 6.34. The number of unbranched alkanes of at least 4 members (excludes halogenated alkanes) is 4. The van der Waals surface area contributed by atoms with E-state index < -0.39 is 0 Å². The highest BCUT2D eigenvalue weighted by atomic mass is 16.1. The molecule has 5 nitrogen and oxygen atoms in total. The molecule has 26 heavy (non-hydrogen) atoms. The van der Waals surface area contributed by atoms with Crippen molar-refractivity contribution in [2.24, 2.45) is 5.11 Å². The van der Waals surface area contributed by atoms with Crippen LogP contribution >= 0.6 is 0 Å². The van der Waals surface area contributed by atoms with Gasteiger partial charge in [-0.25, -0.2) is 0 Å². The first-order valence-corrected chi connectivity index (χ1v) is 9.22. The highest BCUT2D eigenvalue weighted by Gasteiger charge is 2.07. The maximum atomic E-state index is 12.2. The number of nitrogens with one attached hydrogen (secondary N) is 1. The first kappa shape index (κ1) is 19.5. The number of para-hydroxylation sites is 1. The number of carbonyl (C=O) groups excluding carboxylic acids is 1. The van der Waals surface area contributed by atoms with Gasteiger partial charge in [-0.15, -0.1) is 0 Å². The smallest absolute Gasteiger partial charge is 0.224 e. The van der Waals surface area contributed by atoms with Crippen LogP contribution in [0.2, 0.25) is 0 Å². The summed E-state index contributed by atoms with van der Waals surface area (Å²) in [5.74, 6) is 0.0691. The van der Waals surface area contributed by atoms with E-state index in [4.69, 9.17) is 5.53 Å². The van der Waals surface area contributed by atoms with E-state index in [1.165, 1.54) is 5.56 Å². The number of rotatable bonds is 11. The summed E-state index contributed by atoms with van der Waals surface area (Å²) in [5.41, 5.74) is 11.5. The standard InChI is InChI=1S/C21H26N4O/c22-25-23-16-10-3-1-2-7-15-21(26)24-20-14-9-8-13-19(20)17-18-11-5-4-6-12-18/h4-6,8-9,11-14H,1-3,7,10,15-17H2,(H,24,26). The molecule has 0 fully saturated rings. The predicted molar refractivity (Wildman–Crippen MR) is 106 cm³/mol. The summed E-state index contributed by atoms with van der Waals surface area (Å²) in [7, 11) is 0. The van der Waals surface area contributed by atoms with Crippen molar-refractivity contribution < 1.29 is 4.79 Å². The predicted octanol–water partition coefficient (Wildman–Crippen LogP) is 5.87. The molecule has 0 aromatic heterocycles. The van der Waals surface area contributed by atoms with Crippen LogP contribution in [0.15, 0.2) is 59.7 Å². The molecule has 2 aromatic carbocycles. The number of hydrogen-bond acceptors (Lipinski definition) is 2. The Labute approximate surface area is 155 Å². The molecular weight excluding hydrogens is 324 g/mol. The van der Waals surface area contributed by atoms with Gasteiger partial charge in [-0.2, -0.15) is 0 Å². The molecule has 0 saturated carbocycles. The van der Waals surface area contributed by atoms with Gasteiger partial charge in [0, 0.05) is 23.6 Å². The number of benzene rings is 2. The zero-order valence-corrected chi connectivity index (χ0v) is 15.1. The Hall–Kier alpha value is -2.78. The molecule has 0 aliphatic rings. The van der Waals surface area contributed by atoms with E-state index in [9.17, 15) is 4.79 Å². The van der Waals surface area contributed by atoms with E-state index in [1.807, 2.05) is 36.4 Å². The summed E-state index contributed by atoms with van der Waals surface area (Å²) in [6.07, 6.45) is 6.28. The quantitative estimate of drug-likeness (QED) is 0.234. The number of carbonyl (C=O) groups is 1. The largest absolute Gasteiger partial charge is 0.326 e. The van der Waals surface area contributed by atoms with E-state index in [0.29, 0.717) is 13.0 Å². The minimum atomic E-state index is 0.0691. The lowest BCUT2D eigenvalue weighted by molar-refractivity contribution is -0.116. The maximum absolute atomic E-state index is 12.2. The third kappa shape index (κ3) is 7.41. The van der Waals surface area contributed by atoms with Gasteiger partial charge in [0.2, 0.25) is 5.91 Å². The molecule has 0 saturated heterocycles. The molecule has 136 valence electrons. The normalized spacial score (nSPS) is 10.2. The van der Waals surface area contributed by atoms with Gasteiger partial charge < -0.3 is 5.32 Å². The second kappa shape index (κ2) is 11.7. The van der Waals surface area contributed by atoms with Crippen molar-refractivity contribution in [1.82, 2.24) is 0 Å². The molecule has 0 bridgehead atoms. The van der Waals surface area contributed by atoms with Crippen LogP contribution in [0.1, 0.15) is 49.7 Å². The molecule has 5 heteroatoms.